The quantitative estimate of drug-likeness (QED) is 0.445. The van der Waals surface area contributed by atoms with Crippen molar-refractivity contribution < 1.29 is 23.7 Å². The summed E-state index contributed by atoms with van der Waals surface area (Å²) in [7, 11) is 6.76. The Labute approximate surface area is 213 Å². The molecule has 7 nitrogen and oxygen atoms in total. The average Bonchev–Trinajstić information content (AvgIpc) is 3.10. The van der Waals surface area contributed by atoms with E-state index >= 15 is 0 Å². The maximum absolute atomic E-state index is 13.2. The summed E-state index contributed by atoms with van der Waals surface area (Å²) in [6.07, 6.45) is 0.466. The lowest BCUT2D eigenvalue weighted by Gasteiger charge is -2.27. The van der Waals surface area contributed by atoms with Crippen molar-refractivity contribution in [1.29, 1.82) is 0 Å². The van der Waals surface area contributed by atoms with Crippen molar-refractivity contribution >= 4 is 5.91 Å². The number of fused-ring (bicyclic) bond motifs is 1. The van der Waals surface area contributed by atoms with E-state index in [1.165, 1.54) is 0 Å². The number of benzene rings is 3. The Morgan fingerprint density at radius 2 is 1.67 bits per heavy atom. The first-order chi connectivity index (χ1) is 17.5. The van der Waals surface area contributed by atoms with Gasteiger partial charge in [0.15, 0.2) is 11.5 Å². The zero-order valence-electron chi connectivity index (χ0n) is 21.4. The Bertz CT molecular complexity index is 1180. The van der Waals surface area contributed by atoms with Crippen LogP contribution < -0.4 is 18.9 Å². The molecule has 0 fully saturated rings. The fourth-order valence-electron chi connectivity index (χ4n) is 4.46. The second-order valence-electron chi connectivity index (χ2n) is 8.88. The summed E-state index contributed by atoms with van der Waals surface area (Å²) in [4.78, 5) is 17.2. The predicted molar refractivity (Wildman–Crippen MR) is 139 cm³/mol. The van der Waals surface area contributed by atoms with E-state index in [9.17, 15) is 4.79 Å². The summed E-state index contributed by atoms with van der Waals surface area (Å²) in [5.74, 6) is 3.06. The minimum absolute atomic E-state index is 0.0636. The van der Waals surface area contributed by atoms with Gasteiger partial charge in [-0.25, -0.2) is 0 Å². The second-order valence-corrected chi connectivity index (χ2v) is 8.88. The molecule has 4 rings (SSSR count). The van der Waals surface area contributed by atoms with Crippen LogP contribution in [0.1, 0.15) is 22.8 Å². The summed E-state index contributed by atoms with van der Waals surface area (Å²) in [5.41, 5.74) is 3.12. The summed E-state index contributed by atoms with van der Waals surface area (Å²) >= 11 is 0. The van der Waals surface area contributed by atoms with E-state index in [0.29, 0.717) is 37.7 Å². The molecule has 7 heteroatoms. The van der Waals surface area contributed by atoms with Crippen LogP contribution in [0.3, 0.4) is 0 Å². The first kappa shape index (κ1) is 25.4. The molecule has 0 aromatic heterocycles. The number of methoxy groups -OCH3 is 3. The fourth-order valence-corrected chi connectivity index (χ4v) is 4.46. The third-order valence-corrected chi connectivity index (χ3v) is 6.51. The van der Waals surface area contributed by atoms with Crippen LogP contribution in [0.4, 0.5) is 0 Å². The van der Waals surface area contributed by atoms with Gasteiger partial charge in [-0.15, -0.1) is 0 Å². The standard InChI is InChI=1S/C29H34N2O5/c1-30(16-15-21-13-14-26(34-3)27(17-21)35-4)29(32)20-31-18-22-9-5-7-11-24(22)36-28(19-31)23-10-6-8-12-25(23)33-2/h5-14,17,28H,15-16,18-20H2,1-4H3/t28-/m0/s1. The van der Waals surface area contributed by atoms with E-state index < -0.39 is 0 Å². The van der Waals surface area contributed by atoms with Crippen molar-refractivity contribution in [3.05, 3.63) is 83.4 Å². The first-order valence-electron chi connectivity index (χ1n) is 12.1. The highest BCUT2D eigenvalue weighted by Crippen LogP contribution is 2.34. The largest absolute Gasteiger partial charge is 0.496 e. The molecule has 3 aromatic carbocycles. The molecule has 0 saturated heterocycles. The molecular weight excluding hydrogens is 456 g/mol. The predicted octanol–water partition coefficient (Wildman–Crippen LogP) is 4.35. The minimum Gasteiger partial charge on any atom is -0.496 e. The van der Waals surface area contributed by atoms with E-state index in [0.717, 1.165) is 34.6 Å². The van der Waals surface area contributed by atoms with Crippen molar-refractivity contribution in [1.82, 2.24) is 9.80 Å². The molecule has 1 aliphatic rings. The van der Waals surface area contributed by atoms with E-state index in [-0.39, 0.29) is 12.0 Å². The molecule has 0 saturated carbocycles. The maximum Gasteiger partial charge on any atom is 0.236 e. The molecule has 0 radical (unpaired) electrons. The lowest BCUT2D eigenvalue weighted by molar-refractivity contribution is -0.131. The molecule has 1 atom stereocenters. The molecule has 190 valence electrons. The van der Waals surface area contributed by atoms with Crippen molar-refractivity contribution in [3.8, 4) is 23.0 Å². The van der Waals surface area contributed by atoms with Crippen LogP contribution in [0.15, 0.2) is 66.7 Å². The van der Waals surface area contributed by atoms with Crippen LogP contribution in [-0.2, 0) is 17.8 Å². The lowest BCUT2D eigenvalue weighted by atomic mass is 10.1. The van der Waals surface area contributed by atoms with Gasteiger partial charge >= 0.3 is 0 Å². The molecule has 1 aliphatic heterocycles. The van der Waals surface area contributed by atoms with Crippen LogP contribution in [0.25, 0.3) is 0 Å². The van der Waals surface area contributed by atoms with Crippen LogP contribution >= 0.6 is 0 Å². The minimum atomic E-state index is -0.255. The third-order valence-electron chi connectivity index (χ3n) is 6.51. The van der Waals surface area contributed by atoms with E-state index in [2.05, 4.69) is 11.0 Å². The summed E-state index contributed by atoms with van der Waals surface area (Å²) < 4.78 is 22.8. The molecule has 1 amide bonds. The number of nitrogens with zero attached hydrogens (tertiary/aromatic N) is 2. The highest BCUT2D eigenvalue weighted by atomic mass is 16.5. The van der Waals surface area contributed by atoms with Crippen molar-refractivity contribution in [2.75, 3.05) is 48.0 Å². The Balaban J connectivity index is 1.45. The average molecular weight is 491 g/mol. The molecule has 0 N–H and O–H groups in total. The lowest BCUT2D eigenvalue weighted by Crippen LogP contribution is -2.40. The molecule has 0 spiro atoms. The number of likely N-dealkylation sites (N-methyl/N-ethyl adjacent to an activating group) is 1. The zero-order chi connectivity index (χ0) is 25.5. The first-order valence-corrected chi connectivity index (χ1v) is 12.1. The Morgan fingerprint density at radius 3 is 2.44 bits per heavy atom. The van der Waals surface area contributed by atoms with Gasteiger partial charge in [-0.2, -0.15) is 0 Å². The number of ether oxygens (including phenoxy) is 4. The zero-order valence-corrected chi connectivity index (χ0v) is 21.4. The van der Waals surface area contributed by atoms with Gasteiger partial charge in [-0.1, -0.05) is 42.5 Å². The molecule has 36 heavy (non-hydrogen) atoms. The van der Waals surface area contributed by atoms with Gasteiger partial charge in [-0.3, -0.25) is 9.69 Å². The van der Waals surface area contributed by atoms with Crippen LogP contribution in [0.5, 0.6) is 23.0 Å². The number of hydrogen-bond donors (Lipinski definition) is 0. The van der Waals surface area contributed by atoms with Gasteiger partial charge in [0.05, 0.1) is 27.9 Å². The molecule has 0 unspecified atom stereocenters. The Kier molecular flexibility index (Phi) is 8.33. The molecule has 3 aromatic rings. The number of carbonyl (C=O) groups excluding carboxylic acids is 1. The summed E-state index contributed by atoms with van der Waals surface area (Å²) in [6.45, 7) is 2.11. The van der Waals surface area contributed by atoms with Crippen LogP contribution in [0, 0.1) is 0 Å². The smallest absolute Gasteiger partial charge is 0.236 e. The maximum atomic E-state index is 13.2. The van der Waals surface area contributed by atoms with E-state index in [4.69, 9.17) is 18.9 Å². The molecule has 1 heterocycles. The van der Waals surface area contributed by atoms with Crippen molar-refractivity contribution in [2.45, 2.75) is 19.1 Å². The van der Waals surface area contributed by atoms with Gasteiger partial charge in [0.2, 0.25) is 5.91 Å². The topological polar surface area (TPSA) is 60.5 Å². The van der Waals surface area contributed by atoms with Crippen molar-refractivity contribution in [2.24, 2.45) is 0 Å². The van der Waals surface area contributed by atoms with Crippen molar-refractivity contribution in [3.63, 3.8) is 0 Å². The number of rotatable bonds is 9. The van der Waals surface area contributed by atoms with Gasteiger partial charge < -0.3 is 23.8 Å². The van der Waals surface area contributed by atoms with Gasteiger partial charge in [0.1, 0.15) is 17.6 Å². The number of hydrogen-bond acceptors (Lipinski definition) is 6. The Hall–Kier alpha value is -3.71. The highest BCUT2D eigenvalue weighted by Gasteiger charge is 2.28. The number of amides is 1. The molecule has 0 bridgehead atoms. The summed E-state index contributed by atoms with van der Waals surface area (Å²) in [5, 5.41) is 0. The molecular formula is C29H34N2O5. The Morgan fingerprint density at radius 1 is 0.944 bits per heavy atom. The number of carbonyl (C=O) groups is 1. The van der Waals surface area contributed by atoms with E-state index in [1.807, 2.05) is 67.7 Å². The normalized spacial score (nSPS) is 15.3. The van der Waals surface area contributed by atoms with Crippen LogP contribution in [0.2, 0.25) is 0 Å². The summed E-state index contributed by atoms with van der Waals surface area (Å²) in [6, 6.07) is 21.7. The van der Waals surface area contributed by atoms with Gasteiger partial charge in [0, 0.05) is 37.8 Å². The van der Waals surface area contributed by atoms with E-state index in [1.54, 1.807) is 26.2 Å². The van der Waals surface area contributed by atoms with Gasteiger partial charge in [-0.05, 0) is 36.2 Å². The molecule has 0 aliphatic carbocycles. The SMILES string of the molecule is COc1ccc(CCN(C)C(=O)CN2Cc3ccccc3O[C@H](c3ccccc3OC)C2)cc1OC. The second kappa shape index (κ2) is 11.8. The fraction of sp³-hybridized carbons (Fsp3) is 0.345. The number of para-hydroxylation sites is 2. The van der Waals surface area contributed by atoms with Gasteiger partial charge in [0.25, 0.3) is 0 Å². The third kappa shape index (κ3) is 5.91. The highest BCUT2D eigenvalue weighted by molar-refractivity contribution is 5.78. The van der Waals surface area contributed by atoms with Crippen LogP contribution in [-0.4, -0.2) is 63.7 Å². The monoisotopic (exact) mass is 490 g/mol.